The first-order chi connectivity index (χ1) is 9.93. The Balaban J connectivity index is 2.57. The van der Waals surface area contributed by atoms with E-state index in [-0.39, 0.29) is 0 Å². The first-order valence-electron chi connectivity index (χ1n) is 7.34. The van der Waals surface area contributed by atoms with Crippen molar-refractivity contribution >= 4 is 17.7 Å². The third-order valence-electron chi connectivity index (χ3n) is 3.28. The fraction of sp³-hybridized carbons (Fsp3) is 0.500. The number of benzene rings is 1. The molecule has 0 radical (unpaired) electrons. The van der Waals surface area contributed by atoms with Crippen LogP contribution in [0.4, 0.5) is 10.5 Å². The number of aliphatic carboxylic acids is 1. The predicted octanol–water partition coefficient (Wildman–Crippen LogP) is 3.57. The quantitative estimate of drug-likeness (QED) is 0.718. The van der Waals surface area contributed by atoms with Crippen LogP contribution in [0.1, 0.15) is 51.5 Å². The van der Waals surface area contributed by atoms with Crippen LogP contribution in [0.15, 0.2) is 24.3 Å². The Morgan fingerprint density at radius 2 is 1.81 bits per heavy atom. The van der Waals surface area contributed by atoms with Crippen LogP contribution >= 0.6 is 0 Å². The summed E-state index contributed by atoms with van der Waals surface area (Å²) in [7, 11) is 0. The minimum Gasteiger partial charge on any atom is -0.480 e. The van der Waals surface area contributed by atoms with E-state index in [1.165, 1.54) is 5.56 Å². The van der Waals surface area contributed by atoms with E-state index in [0.717, 1.165) is 12.8 Å². The van der Waals surface area contributed by atoms with Crippen LogP contribution in [0.5, 0.6) is 0 Å². The van der Waals surface area contributed by atoms with E-state index >= 15 is 0 Å². The topological polar surface area (TPSA) is 78.4 Å². The molecule has 1 aromatic carbocycles. The van der Waals surface area contributed by atoms with Crippen LogP contribution in [0, 0.1) is 0 Å². The molecule has 116 valence electrons. The Bertz CT molecular complexity index is 469. The zero-order chi connectivity index (χ0) is 15.8. The summed E-state index contributed by atoms with van der Waals surface area (Å²) >= 11 is 0. The molecular weight excluding hydrogens is 268 g/mol. The Labute approximate surface area is 125 Å². The predicted molar refractivity (Wildman–Crippen MR) is 83.6 cm³/mol. The fourth-order valence-electron chi connectivity index (χ4n) is 1.94. The summed E-state index contributed by atoms with van der Waals surface area (Å²) in [4.78, 5) is 22.9. The fourth-order valence-corrected chi connectivity index (χ4v) is 1.94. The summed E-state index contributed by atoms with van der Waals surface area (Å²) in [6.07, 6.45) is 2.09. The number of carbonyl (C=O) groups excluding carboxylic acids is 1. The number of amides is 2. The van der Waals surface area contributed by atoms with Gasteiger partial charge in [-0.2, -0.15) is 0 Å². The third kappa shape index (κ3) is 5.85. The van der Waals surface area contributed by atoms with E-state index in [1.807, 2.05) is 31.2 Å². The highest BCUT2D eigenvalue weighted by molar-refractivity contribution is 5.92. The molecule has 1 atom stereocenters. The Kier molecular flexibility index (Phi) is 6.72. The molecule has 0 aliphatic carbocycles. The summed E-state index contributed by atoms with van der Waals surface area (Å²) in [5, 5.41) is 14.2. The molecule has 5 nitrogen and oxygen atoms in total. The van der Waals surface area contributed by atoms with Gasteiger partial charge in [0.15, 0.2) is 0 Å². The summed E-state index contributed by atoms with van der Waals surface area (Å²) in [5.74, 6) is -0.577. The first-order valence-corrected chi connectivity index (χ1v) is 7.34. The molecule has 0 saturated heterocycles. The number of hydrogen-bond donors (Lipinski definition) is 3. The maximum Gasteiger partial charge on any atom is 0.326 e. The van der Waals surface area contributed by atoms with Crippen molar-refractivity contribution in [1.82, 2.24) is 5.32 Å². The van der Waals surface area contributed by atoms with Crippen LogP contribution in [0.25, 0.3) is 0 Å². The largest absolute Gasteiger partial charge is 0.480 e. The second kappa shape index (κ2) is 8.29. The molecule has 0 bridgehead atoms. The van der Waals surface area contributed by atoms with Gasteiger partial charge in [0.1, 0.15) is 6.04 Å². The lowest BCUT2D eigenvalue weighted by molar-refractivity contribution is -0.139. The molecule has 0 unspecified atom stereocenters. The SMILES string of the molecule is CCCC[C@H](NC(=O)Nc1ccc(C(C)C)cc1)C(=O)O. The van der Waals surface area contributed by atoms with Gasteiger partial charge in [-0.25, -0.2) is 9.59 Å². The molecule has 3 N–H and O–H groups in total. The van der Waals surface area contributed by atoms with Crippen molar-refractivity contribution in [3.63, 3.8) is 0 Å². The normalized spacial score (nSPS) is 12.0. The van der Waals surface area contributed by atoms with Crippen molar-refractivity contribution in [2.24, 2.45) is 0 Å². The van der Waals surface area contributed by atoms with E-state index in [4.69, 9.17) is 5.11 Å². The summed E-state index contributed by atoms with van der Waals surface area (Å²) in [6.45, 7) is 6.18. The van der Waals surface area contributed by atoms with E-state index in [9.17, 15) is 9.59 Å². The molecule has 0 spiro atoms. The van der Waals surface area contributed by atoms with E-state index in [1.54, 1.807) is 0 Å². The van der Waals surface area contributed by atoms with Gasteiger partial charge in [-0.15, -0.1) is 0 Å². The lowest BCUT2D eigenvalue weighted by Crippen LogP contribution is -2.42. The molecule has 0 heterocycles. The third-order valence-corrected chi connectivity index (χ3v) is 3.28. The number of anilines is 1. The van der Waals surface area contributed by atoms with Gasteiger partial charge in [-0.05, 0) is 30.0 Å². The van der Waals surface area contributed by atoms with Crippen LogP contribution < -0.4 is 10.6 Å². The number of carbonyl (C=O) groups is 2. The van der Waals surface area contributed by atoms with Gasteiger partial charge in [0.25, 0.3) is 0 Å². The van der Waals surface area contributed by atoms with Gasteiger partial charge in [0.2, 0.25) is 0 Å². The van der Waals surface area contributed by atoms with E-state index < -0.39 is 18.0 Å². The molecule has 21 heavy (non-hydrogen) atoms. The summed E-state index contributed by atoms with van der Waals surface area (Å²) in [5.41, 5.74) is 1.84. The lowest BCUT2D eigenvalue weighted by Gasteiger charge is -2.15. The van der Waals surface area contributed by atoms with E-state index in [0.29, 0.717) is 18.0 Å². The monoisotopic (exact) mass is 292 g/mol. The van der Waals surface area contributed by atoms with Gasteiger partial charge in [-0.1, -0.05) is 45.7 Å². The number of unbranched alkanes of at least 4 members (excludes halogenated alkanes) is 1. The Morgan fingerprint density at radius 3 is 2.29 bits per heavy atom. The number of carboxylic acid groups (broad SMARTS) is 1. The maximum absolute atomic E-state index is 11.8. The Morgan fingerprint density at radius 1 is 1.19 bits per heavy atom. The van der Waals surface area contributed by atoms with Gasteiger partial charge in [-0.3, -0.25) is 0 Å². The van der Waals surface area contributed by atoms with Crippen molar-refractivity contribution in [2.45, 2.75) is 52.0 Å². The molecule has 2 amide bonds. The van der Waals surface area contributed by atoms with Crippen LogP contribution in [0.2, 0.25) is 0 Å². The zero-order valence-electron chi connectivity index (χ0n) is 12.8. The van der Waals surface area contributed by atoms with Crippen molar-refractivity contribution < 1.29 is 14.7 Å². The second-order valence-electron chi connectivity index (χ2n) is 5.41. The smallest absolute Gasteiger partial charge is 0.326 e. The molecule has 0 aromatic heterocycles. The second-order valence-corrected chi connectivity index (χ2v) is 5.41. The van der Waals surface area contributed by atoms with Crippen LogP contribution in [-0.2, 0) is 4.79 Å². The van der Waals surface area contributed by atoms with Crippen molar-refractivity contribution in [3.8, 4) is 0 Å². The molecule has 5 heteroatoms. The minimum absolute atomic E-state index is 0.429. The minimum atomic E-state index is -1.01. The number of carboxylic acids is 1. The molecule has 1 aromatic rings. The van der Waals surface area contributed by atoms with Gasteiger partial charge < -0.3 is 15.7 Å². The maximum atomic E-state index is 11.8. The molecule has 1 rings (SSSR count). The number of urea groups is 1. The summed E-state index contributed by atoms with van der Waals surface area (Å²) < 4.78 is 0. The molecule has 0 fully saturated rings. The first kappa shape index (κ1) is 17.0. The molecule has 0 aliphatic rings. The van der Waals surface area contributed by atoms with Crippen LogP contribution in [0.3, 0.4) is 0 Å². The average molecular weight is 292 g/mol. The highest BCUT2D eigenvalue weighted by atomic mass is 16.4. The standard InChI is InChI=1S/C16H24N2O3/c1-4-5-6-14(15(19)20)18-16(21)17-13-9-7-12(8-10-13)11(2)3/h7-11,14H,4-6H2,1-3H3,(H,19,20)(H2,17,18,21)/t14-/m0/s1. The van der Waals surface area contributed by atoms with Gasteiger partial charge in [0, 0.05) is 5.69 Å². The highest BCUT2D eigenvalue weighted by Gasteiger charge is 2.19. The van der Waals surface area contributed by atoms with Crippen molar-refractivity contribution in [1.29, 1.82) is 0 Å². The molecule has 0 saturated carbocycles. The Hall–Kier alpha value is -2.04. The van der Waals surface area contributed by atoms with E-state index in [2.05, 4.69) is 24.5 Å². The number of rotatable bonds is 7. The molecular formula is C16H24N2O3. The number of nitrogens with one attached hydrogen (secondary N) is 2. The van der Waals surface area contributed by atoms with Gasteiger partial charge >= 0.3 is 12.0 Å². The zero-order valence-corrected chi connectivity index (χ0v) is 12.8. The van der Waals surface area contributed by atoms with Crippen LogP contribution in [-0.4, -0.2) is 23.1 Å². The average Bonchev–Trinajstić information content (AvgIpc) is 2.43. The van der Waals surface area contributed by atoms with Crippen molar-refractivity contribution in [2.75, 3.05) is 5.32 Å². The number of hydrogen-bond acceptors (Lipinski definition) is 2. The molecule has 0 aliphatic heterocycles. The lowest BCUT2D eigenvalue weighted by atomic mass is 10.0. The highest BCUT2D eigenvalue weighted by Crippen LogP contribution is 2.17. The van der Waals surface area contributed by atoms with Gasteiger partial charge in [0.05, 0.1) is 0 Å². The van der Waals surface area contributed by atoms with Crippen molar-refractivity contribution in [3.05, 3.63) is 29.8 Å². The summed E-state index contributed by atoms with van der Waals surface area (Å²) in [6, 6.07) is 6.20.